The van der Waals surface area contributed by atoms with Crippen molar-refractivity contribution in [3.8, 4) is 6.07 Å². The van der Waals surface area contributed by atoms with Gasteiger partial charge >= 0.3 is 0 Å². The molecule has 5 nitrogen and oxygen atoms in total. The van der Waals surface area contributed by atoms with Crippen LogP contribution in [0.1, 0.15) is 42.9 Å². The summed E-state index contributed by atoms with van der Waals surface area (Å²) in [5.74, 6) is 1.62. The standard InChI is InChI=1S/C21H21N5/c22-15-21(17-4-2-1-3-5-17)8-11-25(12-9-21)20-19-14-18(16-6-7-16)24-26(19)13-10-23-20/h1-5,10,13-14,16H,6-9,11-12H2. The van der Waals surface area contributed by atoms with E-state index in [1.165, 1.54) is 18.5 Å². The summed E-state index contributed by atoms with van der Waals surface area (Å²) in [6.45, 7) is 1.66. The Labute approximate surface area is 152 Å². The predicted molar refractivity (Wildman–Crippen MR) is 100 cm³/mol. The van der Waals surface area contributed by atoms with Crippen molar-refractivity contribution in [2.45, 2.75) is 37.0 Å². The van der Waals surface area contributed by atoms with E-state index in [1.807, 2.05) is 35.1 Å². The molecule has 0 radical (unpaired) electrons. The van der Waals surface area contributed by atoms with Crippen molar-refractivity contribution in [1.29, 1.82) is 5.26 Å². The Bertz CT molecular complexity index is 973. The predicted octanol–water partition coefficient (Wildman–Crippen LogP) is 3.67. The fraction of sp³-hybridized carbons (Fsp3) is 0.381. The quantitative estimate of drug-likeness (QED) is 0.728. The molecule has 5 heteroatoms. The number of hydrogen-bond acceptors (Lipinski definition) is 4. The number of piperidine rings is 1. The largest absolute Gasteiger partial charge is 0.355 e. The number of aromatic nitrogens is 3. The third-order valence-corrected chi connectivity index (χ3v) is 5.84. The maximum Gasteiger partial charge on any atom is 0.154 e. The molecule has 26 heavy (non-hydrogen) atoms. The fourth-order valence-electron chi connectivity index (χ4n) is 4.07. The molecule has 0 bridgehead atoms. The molecule has 2 aliphatic rings. The molecule has 1 saturated heterocycles. The third kappa shape index (κ3) is 2.45. The minimum Gasteiger partial charge on any atom is -0.355 e. The van der Waals surface area contributed by atoms with Crippen LogP contribution in [-0.4, -0.2) is 27.7 Å². The second-order valence-electron chi connectivity index (χ2n) is 7.47. The summed E-state index contributed by atoms with van der Waals surface area (Å²) in [5, 5.41) is 14.6. The Morgan fingerprint density at radius 3 is 2.58 bits per heavy atom. The molecule has 1 saturated carbocycles. The molecule has 2 fully saturated rings. The molecule has 130 valence electrons. The van der Waals surface area contributed by atoms with Gasteiger partial charge in [-0.25, -0.2) is 9.50 Å². The molecule has 0 spiro atoms. The molecule has 1 aliphatic heterocycles. The Morgan fingerprint density at radius 2 is 1.88 bits per heavy atom. The van der Waals surface area contributed by atoms with E-state index < -0.39 is 0 Å². The molecule has 3 heterocycles. The monoisotopic (exact) mass is 343 g/mol. The number of fused-ring (bicyclic) bond motifs is 1. The average Bonchev–Trinajstić information content (AvgIpc) is 3.47. The van der Waals surface area contributed by atoms with E-state index in [2.05, 4.69) is 34.2 Å². The van der Waals surface area contributed by atoms with E-state index in [4.69, 9.17) is 5.10 Å². The summed E-state index contributed by atoms with van der Waals surface area (Å²) < 4.78 is 1.96. The Balaban J connectivity index is 1.43. The molecule has 5 rings (SSSR count). The first kappa shape index (κ1) is 15.4. The van der Waals surface area contributed by atoms with Crippen molar-refractivity contribution in [1.82, 2.24) is 14.6 Å². The highest BCUT2D eigenvalue weighted by molar-refractivity contribution is 5.69. The van der Waals surface area contributed by atoms with Crippen molar-refractivity contribution in [3.63, 3.8) is 0 Å². The zero-order chi connectivity index (χ0) is 17.6. The molecular weight excluding hydrogens is 322 g/mol. The van der Waals surface area contributed by atoms with Gasteiger partial charge in [-0.1, -0.05) is 30.3 Å². The second kappa shape index (κ2) is 5.84. The third-order valence-electron chi connectivity index (χ3n) is 5.84. The van der Waals surface area contributed by atoms with Gasteiger partial charge in [-0.05, 0) is 37.3 Å². The zero-order valence-electron chi connectivity index (χ0n) is 14.7. The first-order valence-corrected chi connectivity index (χ1v) is 9.35. The van der Waals surface area contributed by atoms with Gasteiger partial charge < -0.3 is 4.90 Å². The van der Waals surface area contributed by atoms with Crippen LogP contribution in [0.15, 0.2) is 48.8 Å². The average molecular weight is 343 g/mol. The molecule has 0 unspecified atom stereocenters. The Hall–Kier alpha value is -2.87. The van der Waals surface area contributed by atoms with E-state index in [9.17, 15) is 5.26 Å². The van der Waals surface area contributed by atoms with Gasteiger partial charge in [0.15, 0.2) is 5.82 Å². The highest BCUT2D eigenvalue weighted by Crippen LogP contribution is 2.41. The van der Waals surface area contributed by atoms with Gasteiger partial charge in [0.25, 0.3) is 0 Å². The number of anilines is 1. The van der Waals surface area contributed by atoms with Gasteiger partial charge in [-0.15, -0.1) is 0 Å². The minimum atomic E-state index is -0.387. The highest BCUT2D eigenvalue weighted by atomic mass is 15.3. The van der Waals surface area contributed by atoms with E-state index in [1.54, 1.807) is 0 Å². The van der Waals surface area contributed by atoms with Crippen LogP contribution in [0, 0.1) is 11.3 Å². The van der Waals surface area contributed by atoms with Crippen LogP contribution < -0.4 is 4.90 Å². The molecule has 0 N–H and O–H groups in total. The van der Waals surface area contributed by atoms with Gasteiger partial charge in [-0.2, -0.15) is 10.4 Å². The zero-order valence-corrected chi connectivity index (χ0v) is 14.7. The molecule has 1 aliphatic carbocycles. The molecule has 0 atom stereocenters. The molecular formula is C21H21N5. The second-order valence-corrected chi connectivity index (χ2v) is 7.47. The fourth-order valence-corrected chi connectivity index (χ4v) is 4.07. The molecule has 1 aromatic carbocycles. The van der Waals surface area contributed by atoms with Crippen molar-refractivity contribution in [2.75, 3.05) is 18.0 Å². The van der Waals surface area contributed by atoms with E-state index in [0.29, 0.717) is 5.92 Å². The van der Waals surface area contributed by atoms with Crippen LogP contribution in [0.2, 0.25) is 0 Å². The van der Waals surface area contributed by atoms with Gasteiger partial charge in [0.05, 0.1) is 17.2 Å². The molecule has 0 amide bonds. The first-order valence-electron chi connectivity index (χ1n) is 9.35. The Morgan fingerprint density at radius 1 is 1.12 bits per heavy atom. The number of rotatable bonds is 3. The number of nitriles is 1. The minimum absolute atomic E-state index is 0.387. The summed E-state index contributed by atoms with van der Waals surface area (Å²) in [5.41, 5.74) is 3.02. The summed E-state index contributed by atoms with van der Waals surface area (Å²) in [6, 6.07) is 15.0. The lowest BCUT2D eigenvalue weighted by atomic mass is 9.74. The van der Waals surface area contributed by atoms with Crippen molar-refractivity contribution in [2.24, 2.45) is 0 Å². The maximum absolute atomic E-state index is 9.90. The maximum atomic E-state index is 9.90. The van der Waals surface area contributed by atoms with Crippen LogP contribution >= 0.6 is 0 Å². The highest BCUT2D eigenvalue weighted by Gasteiger charge is 2.37. The van der Waals surface area contributed by atoms with Gasteiger partial charge in [0.1, 0.15) is 5.52 Å². The Kier molecular flexibility index (Phi) is 3.46. The number of benzene rings is 1. The van der Waals surface area contributed by atoms with Gasteiger partial charge in [0.2, 0.25) is 0 Å². The van der Waals surface area contributed by atoms with E-state index >= 15 is 0 Å². The summed E-state index contributed by atoms with van der Waals surface area (Å²) >= 11 is 0. The topological polar surface area (TPSA) is 57.2 Å². The van der Waals surface area contributed by atoms with Crippen molar-refractivity contribution < 1.29 is 0 Å². The van der Waals surface area contributed by atoms with Gasteiger partial charge in [0, 0.05) is 31.4 Å². The molecule has 3 aromatic rings. The lowest BCUT2D eigenvalue weighted by molar-refractivity contribution is 0.414. The van der Waals surface area contributed by atoms with Crippen LogP contribution in [-0.2, 0) is 5.41 Å². The van der Waals surface area contributed by atoms with E-state index in [0.717, 1.165) is 42.8 Å². The van der Waals surface area contributed by atoms with Crippen molar-refractivity contribution in [3.05, 3.63) is 60.0 Å². The van der Waals surface area contributed by atoms with Crippen molar-refractivity contribution >= 4 is 11.3 Å². The SMILES string of the molecule is N#CC1(c2ccccc2)CCN(c2nccn3nc(C4CC4)cc23)CC1. The number of hydrogen-bond donors (Lipinski definition) is 0. The van der Waals surface area contributed by atoms with E-state index in [-0.39, 0.29) is 5.41 Å². The molecule has 2 aromatic heterocycles. The lowest BCUT2D eigenvalue weighted by Crippen LogP contribution is -2.42. The normalized spacial score (nSPS) is 19.4. The summed E-state index contributed by atoms with van der Waals surface area (Å²) in [6.07, 6.45) is 7.89. The van der Waals surface area contributed by atoms with Crippen LogP contribution in [0.4, 0.5) is 5.82 Å². The summed E-state index contributed by atoms with van der Waals surface area (Å²) in [4.78, 5) is 6.96. The number of nitrogens with zero attached hydrogens (tertiary/aromatic N) is 5. The van der Waals surface area contributed by atoms with Gasteiger partial charge in [-0.3, -0.25) is 0 Å². The summed E-state index contributed by atoms with van der Waals surface area (Å²) in [7, 11) is 0. The lowest BCUT2D eigenvalue weighted by Gasteiger charge is -2.38. The van der Waals surface area contributed by atoms with Crippen LogP contribution in [0.3, 0.4) is 0 Å². The van der Waals surface area contributed by atoms with Crippen LogP contribution in [0.25, 0.3) is 5.52 Å². The van der Waals surface area contributed by atoms with Crippen LogP contribution in [0.5, 0.6) is 0 Å². The smallest absolute Gasteiger partial charge is 0.154 e. The first-order chi connectivity index (χ1) is 12.8.